The van der Waals surface area contributed by atoms with E-state index in [0.717, 1.165) is 11.1 Å². The molecule has 8 heteroatoms. The molecule has 2 heterocycles. The third-order valence-corrected chi connectivity index (χ3v) is 5.63. The van der Waals surface area contributed by atoms with Crippen molar-refractivity contribution in [1.82, 2.24) is 0 Å². The Morgan fingerprint density at radius 2 is 2.12 bits per heavy atom. The van der Waals surface area contributed by atoms with Gasteiger partial charge in [-0.25, -0.2) is 0 Å². The summed E-state index contributed by atoms with van der Waals surface area (Å²) in [6, 6.07) is 7.73. The quantitative estimate of drug-likeness (QED) is 0.460. The molecule has 0 aliphatic carbocycles. The van der Waals surface area contributed by atoms with Crippen molar-refractivity contribution in [2.24, 2.45) is 0 Å². The highest BCUT2D eigenvalue weighted by atomic mass is 35.5. The zero-order valence-electron chi connectivity index (χ0n) is 12.2. The van der Waals surface area contributed by atoms with Crippen LogP contribution in [0.25, 0.3) is 5.53 Å². The first kappa shape index (κ1) is 16.9. The van der Waals surface area contributed by atoms with Gasteiger partial charge in [0.25, 0.3) is 5.78 Å². The van der Waals surface area contributed by atoms with Crippen LogP contribution in [0.1, 0.15) is 17.2 Å². The van der Waals surface area contributed by atoms with E-state index in [1.165, 1.54) is 16.2 Å². The SMILES string of the molecule is [N-]=[N+]=CC(=O)[C@H]1[C@H](c2cccs2)CC(=O)N1c1ccc(Cl)c(Cl)c1. The maximum Gasteiger partial charge on any atom is 0.325 e. The molecule has 0 saturated carbocycles. The van der Waals surface area contributed by atoms with Crippen LogP contribution in [0, 0.1) is 0 Å². The van der Waals surface area contributed by atoms with Crippen LogP contribution in [0.15, 0.2) is 35.7 Å². The third kappa shape index (κ3) is 3.01. The van der Waals surface area contributed by atoms with E-state index in [1.807, 2.05) is 17.5 Å². The number of ketones is 1. The summed E-state index contributed by atoms with van der Waals surface area (Å²) < 4.78 is 0. The van der Waals surface area contributed by atoms with E-state index < -0.39 is 11.8 Å². The summed E-state index contributed by atoms with van der Waals surface area (Å²) in [6.07, 6.45) is 1.02. The lowest BCUT2D eigenvalue weighted by atomic mass is 9.95. The molecule has 0 spiro atoms. The number of benzene rings is 1. The maximum absolute atomic E-state index is 12.6. The lowest BCUT2D eigenvalue weighted by Gasteiger charge is -2.25. The van der Waals surface area contributed by atoms with Crippen molar-refractivity contribution in [2.75, 3.05) is 4.90 Å². The van der Waals surface area contributed by atoms with Crippen molar-refractivity contribution < 1.29 is 14.4 Å². The van der Waals surface area contributed by atoms with E-state index in [2.05, 4.69) is 4.79 Å². The molecule has 0 radical (unpaired) electrons. The van der Waals surface area contributed by atoms with Crippen LogP contribution in [0.4, 0.5) is 5.69 Å². The average molecular weight is 380 g/mol. The summed E-state index contributed by atoms with van der Waals surface area (Å²) in [7, 11) is 0. The normalized spacial score (nSPS) is 20.1. The molecular formula is C16H11Cl2N3O2S. The number of thiophene rings is 1. The minimum atomic E-state index is -0.788. The van der Waals surface area contributed by atoms with Crippen LogP contribution >= 0.6 is 34.5 Å². The second kappa shape index (κ2) is 6.87. The van der Waals surface area contributed by atoms with Gasteiger partial charge in [-0.2, -0.15) is 4.79 Å². The Morgan fingerprint density at radius 3 is 2.75 bits per heavy atom. The number of halogens is 2. The molecule has 1 aromatic heterocycles. The predicted molar refractivity (Wildman–Crippen MR) is 94.1 cm³/mol. The number of hydrogen-bond acceptors (Lipinski definition) is 3. The number of nitrogens with zero attached hydrogens (tertiary/aromatic N) is 3. The molecule has 1 amide bonds. The number of rotatable bonds is 4. The van der Waals surface area contributed by atoms with E-state index >= 15 is 0 Å². The van der Waals surface area contributed by atoms with Crippen molar-refractivity contribution in [3.05, 3.63) is 56.2 Å². The van der Waals surface area contributed by atoms with Gasteiger partial charge >= 0.3 is 6.21 Å². The van der Waals surface area contributed by atoms with E-state index in [1.54, 1.807) is 18.2 Å². The summed E-state index contributed by atoms with van der Waals surface area (Å²) in [5, 5.41) is 2.55. The van der Waals surface area contributed by atoms with Crippen LogP contribution in [0.5, 0.6) is 0 Å². The Bertz CT molecular complexity index is 847. The Morgan fingerprint density at radius 1 is 1.33 bits per heavy atom. The summed E-state index contributed by atoms with van der Waals surface area (Å²) >= 11 is 13.5. The first-order valence-corrected chi connectivity index (χ1v) is 8.68. The maximum atomic E-state index is 12.6. The number of carbonyl (C=O) groups is 2. The highest BCUT2D eigenvalue weighted by Crippen LogP contribution is 2.40. The predicted octanol–water partition coefficient (Wildman–Crippen LogP) is 3.81. The fourth-order valence-corrected chi connectivity index (χ4v) is 4.04. The zero-order chi connectivity index (χ0) is 17.3. The molecule has 2 aromatic rings. The molecule has 24 heavy (non-hydrogen) atoms. The van der Waals surface area contributed by atoms with Crippen LogP contribution in [-0.2, 0) is 9.59 Å². The molecule has 5 nitrogen and oxygen atoms in total. The molecule has 1 fully saturated rings. The van der Waals surface area contributed by atoms with Gasteiger partial charge < -0.3 is 10.4 Å². The van der Waals surface area contributed by atoms with Gasteiger partial charge in [0.2, 0.25) is 5.91 Å². The number of anilines is 1. The van der Waals surface area contributed by atoms with Crippen LogP contribution < -0.4 is 4.90 Å². The Hall–Kier alpha value is -1.98. The molecule has 1 aromatic carbocycles. The van der Waals surface area contributed by atoms with Gasteiger partial charge in [0.15, 0.2) is 0 Å². The molecule has 1 aliphatic rings. The van der Waals surface area contributed by atoms with Crippen molar-refractivity contribution in [3.8, 4) is 0 Å². The molecule has 0 N–H and O–H groups in total. The largest absolute Gasteiger partial charge is 0.361 e. The number of Topliss-reactive ketones (excluding diaryl/α,β-unsaturated/α-hetero) is 1. The molecule has 3 rings (SSSR count). The fraction of sp³-hybridized carbons (Fsp3) is 0.188. The van der Waals surface area contributed by atoms with Crippen molar-refractivity contribution in [2.45, 2.75) is 18.4 Å². The topological polar surface area (TPSA) is 73.8 Å². The first-order valence-electron chi connectivity index (χ1n) is 7.04. The molecule has 1 saturated heterocycles. The lowest BCUT2D eigenvalue weighted by molar-refractivity contribution is -0.120. The van der Waals surface area contributed by atoms with Crippen molar-refractivity contribution in [3.63, 3.8) is 0 Å². The average Bonchev–Trinajstić information content (AvgIpc) is 3.17. The molecule has 0 bridgehead atoms. The van der Waals surface area contributed by atoms with Crippen molar-refractivity contribution >= 4 is 58.1 Å². The van der Waals surface area contributed by atoms with Gasteiger partial charge in [0.05, 0.1) is 10.0 Å². The fourth-order valence-electron chi connectivity index (χ4n) is 2.89. The summed E-state index contributed by atoms with van der Waals surface area (Å²) in [5.41, 5.74) is 9.21. The Balaban J connectivity index is 2.08. The van der Waals surface area contributed by atoms with E-state index in [4.69, 9.17) is 28.7 Å². The second-order valence-electron chi connectivity index (χ2n) is 5.28. The Labute approximate surface area is 152 Å². The summed E-state index contributed by atoms with van der Waals surface area (Å²) in [4.78, 5) is 30.2. The molecular weight excluding hydrogens is 369 g/mol. The lowest BCUT2D eigenvalue weighted by Crippen LogP contribution is -2.41. The van der Waals surface area contributed by atoms with Crippen molar-refractivity contribution in [1.29, 1.82) is 0 Å². The van der Waals surface area contributed by atoms with Gasteiger partial charge in [-0.1, -0.05) is 29.3 Å². The van der Waals surface area contributed by atoms with E-state index in [-0.39, 0.29) is 18.2 Å². The van der Waals surface area contributed by atoms with Crippen LogP contribution in [0.2, 0.25) is 10.0 Å². The van der Waals surface area contributed by atoms with Gasteiger partial charge in [-0.3, -0.25) is 9.59 Å². The molecule has 1 aliphatic heterocycles. The smallest absolute Gasteiger partial charge is 0.325 e. The highest BCUT2D eigenvalue weighted by Gasteiger charge is 2.46. The van der Waals surface area contributed by atoms with Crippen LogP contribution in [0.3, 0.4) is 0 Å². The standard InChI is InChI=1S/C16H11Cl2N3O2S/c17-11-4-3-9(6-12(11)18)21-15(23)7-10(14-2-1-5-24-14)16(21)13(22)8-20-19/h1-6,8,10,16H,7H2/t10-,16+/m0/s1. The minimum absolute atomic E-state index is 0.191. The van der Waals surface area contributed by atoms with Gasteiger partial charge in [0, 0.05) is 22.9 Å². The first-order chi connectivity index (χ1) is 11.5. The summed E-state index contributed by atoms with van der Waals surface area (Å²) in [5.74, 6) is -0.957. The number of hydrogen-bond donors (Lipinski definition) is 0. The highest BCUT2D eigenvalue weighted by molar-refractivity contribution is 7.10. The minimum Gasteiger partial charge on any atom is -0.361 e. The Kier molecular flexibility index (Phi) is 4.83. The zero-order valence-corrected chi connectivity index (χ0v) is 14.6. The second-order valence-corrected chi connectivity index (χ2v) is 7.07. The van der Waals surface area contributed by atoms with Crippen LogP contribution in [-0.4, -0.2) is 28.7 Å². The third-order valence-electron chi connectivity index (χ3n) is 3.89. The molecule has 0 unspecified atom stereocenters. The van der Waals surface area contributed by atoms with E-state index in [0.29, 0.717) is 15.7 Å². The molecule has 122 valence electrons. The van der Waals surface area contributed by atoms with Gasteiger partial charge in [-0.15, -0.1) is 11.3 Å². The summed E-state index contributed by atoms with van der Waals surface area (Å²) in [6.45, 7) is 0. The van der Waals surface area contributed by atoms with Gasteiger partial charge in [-0.05, 0) is 29.6 Å². The van der Waals surface area contributed by atoms with E-state index in [9.17, 15) is 9.59 Å². The van der Waals surface area contributed by atoms with Gasteiger partial charge in [0.1, 0.15) is 6.04 Å². The number of amides is 1. The monoisotopic (exact) mass is 379 g/mol. The number of carbonyl (C=O) groups excluding carboxylic acids is 2. The molecule has 2 atom stereocenters.